The Kier molecular flexibility index (Phi) is 9.65. The summed E-state index contributed by atoms with van der Waals surface area (Å²) in [4.78, 5) is 27.4. The van der Waals surface area contributed by atoms with Crippen molar-refractivity contribution in [1.82, 2.24) is 10.2 Å². The Morgan fingerprint density at radius 2 is 1.61 bits per heavy atom. The van der Waals surface area contributed by atoms with E-state index in [1.165, 1.54) is 29.2 Å². The van der Waals surface area contributed by atoms with Gasteiger partial charge in [0.25, 0.3) is 0 Å². The first kappa shape index (κ1) is 27.0. The van der Waals surface area contributed by atoms with Crippen molar-refractivity contribution in [3.8, 4) is 0 Å². The molecule has 0 aliphatic heterocycles. The monoisotopic (exact) mass is 589 g/mol. The number of hydrogen-bond donors (Lipinski definition) is 1. The molecule has 0 aliphatic carbocycles. The maximum absolute atomic E-state index is 13.4. The standard InChI is InChI=1S/C23H29FIN3O4S/c1-16(2)13-26-23(30)17(3)27(14-18-5-7-19(24)8-6-18)22(29)15-28(33(4,31)32)21-11-9-20(25)10-12-21/h5-12,16-17H,13-15H2,1-4H3,(H,26,30)/t17-/m1/s1. The molecule has 7 nitrogen and oxygen atoms in total. The van der Waals surface area contributed by atoms with Gasteiger partial charge < -0.3 is 10.2 Å². The van der Waals surface area contributed by atoms with Crippen LogP contribution in [-0.4, -0.2) is 50.5 Å². The summed E-state index contributed by atoms with van der Waals surface area (Å²) in [5.74, 6) is -1.08. The molecule has 10 heteroatoms. The number of carbonyl (C=O) groups is 2. The molecule has 2 aromatic rings. The number of sulfonamides is 1. The number of carbonyl (C=O) groups excluding carboxylic acids is 2. The molecule has 1 atom stereocenters. The van der Waals surface area contributed by atoms with Crippen LogP contribution in [0.15, 0.2) is 48.5 Å². The highest BCUT2D eigenvalue weighted by Gasteiger charge is 2.30. The average Bonchev–Trinajstić information content (AvgIpc) is 2.74. The Morgan fingerprint density at radius 1 is 1.03 bits per heavy atom. The van der Waals surface area contributed by atoms with E-state index in [0.29, 0.717) is 17.8 Å². The van der Waals surface area contributed by atoms with Crippen molar-refractivity contribution in [3.63, 3.8) is 0 Å². The van der Waals surface area contributed by atoms with Gasteiger partial charge in [0, 0.05) is 16.7 Å². The van der Waals surface area contributed by atoms with E-state index in [4.69, 9.17) is 0 Å². The lowest BCUT2D eigenvalue weighted by Crippen LogP contribution is -2.51. The Bertz CT molecular complexity index is 1060. The largest absolute Gasteiger partial charge is 0.354 e. The fourth-order valence-corrected chi connectivity index (χ4v) is 4.25. The third-order valence-electron chi connectivity index (χ3n) is 4.91. The van der Waals surface area contributed by atoms with Crippen LogP contribution in [0.2, 0.25) is 0 Å². The molecule has 1 N–H and O–H groups in total. The van der Waals surface area contributed by atoms with Gasteiger partial charge in [-0.15, -0.1) is 0 Å². The van der Waals surface area contributed by atoms with Crippen LogP contribution in [0.3, 0.4) is 0 Å². The summed E-state index contributed by atoms with van der Waals surface area (Å²) in [6.07, 6.45) is 1.03. The molecule has 0 heterocycles. The topological polar surface area (TPSA) is 86.8 Å². The van der Waals surface area contributed by atoms with Crippen LogP contribution in [0.4, 0.5) is 10.1 Å². The van der Waals surface area contributed by atoms with E-state index in [2.05, 4.69) is 27.9 Å². The van der Waals surface area contributed by atoms with Gasteiger partial charge in [-0.05, 0) is 77.4 Å². The van der Waals surface area contributed by atoms with E-state index < -0.39 is 34.3 Å². The highest BCUT2D eigenvalue weighted by Crippen LogP contribution is 2.20. The van der Waals surface area contributed by atoms with Gasteiger partial charge in [-0.3, -0.25) is 13.9 Å². The fraction of sp³-hybridized carbons (Fsp3) is 0.391. The molecule has 0 saturated carbocycles. The summed E-state index contributed by atoms with van der Waals surface area (Å²) >= 11 is 2.11. The number of amides is 2. The second-order valence-corrected chi connectivity index (χ2v) is 11.4. The fourth-order valence-electron chi connectivity index (χ4n) is 3.04. The number of anilines is 1. The van der Waals surface area contributed by atoms with Crippen LogP contribution in [-0.2, 0) is 26.2 Å². The highest BCUT2D eigenvalue weighted by molar-refractivity contribution is 14.1. The molecule has 0 fully saturated rings. The molecule has 2 rings (SSSR count). The molecule has 2 amide bonds. The molecule has 180 valence electrons. The van der Waals surface area contributed by atoms with E-state index in [1.807, 2.05) is 13.8 Å². The minimum absolute atomic E-state index is 0.0274. The SMILES string of the molecule is CC(C)CNC(=O)[C@@H](C)N(Cc1ccc(F)cc1)C(=O)CN(c1ccc(I)cc1)S(C)(=O)=O. The first-order valence-electron chi connectivity index (χ1n) is 10.4. The Hall–Kier alpha value is -2.21. The van der Waals surface area contributed by atoms with E-state index in [9.17, 15) is 22.4 Å². The number of hydrogen-bond acceptors (Lipinski definition) is 4. The second-order valence-electron chi connectivity index (χ2n) is 8.21. The number of nitrogens with zero attached hydrogens (tertiary/aromatic N) is 2. The van der Waals surface area contributed by atoms with Crippen molar-refractivity contribution >= 4 is 50.1 Å². The zero-order valence-corrected chi connectivity index (χ0v) is 22.1. The van der Waals surface area contributed by atoms with Crippen molar-refractivity contribution < 1.29 is 22.4 Å². The third kappa shape index (κ3) is 8.26. The van der Waals surface area contributed by atoms with Gasteiger partial charge in [-0.25, -0.2) is 12.8 Å². The lowest BCUT2D eigenvalue weighted by molar-refractivity contribution is -0.139. The quantitative estimate of drug-likeness (QED) is 0.431. The third-order valence-corrected chi connectivity index (χ3v) is 6.77. The zero-order chi connectivity index (χ0) is 24.8. The van der Waals surface area contributed by atoms with Gasteiger partial charge in [-0.1, -0.05) is 26.0 Å². The maximum Gasteiger partial charge on any atom is 0.244 e. The Morgan fingerprint density at radius 3 is 2.12 bits per heavy atom. The Balaban J connectivity index is 2.34. The van der Waals surface area contributed by atoms with Gasteiger partial charge in [0.1, 0.15) is 18.4 Å². The Labute approximate surface area is 208 Å². The number of halogens is 2. The van der Waals surface area contributed by atoms with Gasteiger partial charge in [0.2, 0.25) is 21.8 Å². The first-order chi connectivity index (χ1) is 15.4. The van der Waals surface area contributed by atoms with Crippen molar-refractivity contribution in [3.05, 3.63) is 63.5 Å². The van der Waals surface area contributed by atoms with Crippen LogP contribution in [0.5, 0.6) is 0 Å². The van der Waals surface area contributed by atoms with E-state index in [-0.39, 0.29) is 18.4 Å². The van der Waals surface area contributed by atoms with Crippen LogP contribution < -0.4 is 9.62 Å². The summed E-state index contributed by atoms with van der Waals surface area (Å²) in [6.45, 7) is 5.50. The summed E-state index contributed by atoms with van der Waals surface area (Å²) in [5.41, 5.74) is 0.971. The average molecular weight is 589 g/mol. The predicted molar refractivity (Wildman–Crippen MR) is 136 cm³/mol. The zero-order valence-electron chi connectivity index (χ0n) is 19.1. The molecule has 33 heavy (non-hydrogen) atoms. The highest BCUT2D eigenvalue weighted by atomic mass is 127. The predicted octanol–water partition coefficient (Wildman–Crippen LogP) is 3.39. The van der Waals surface area contributed by atoms with Crippen molar-refractivity contribution in [2.75, 3.05) is 23.7 Å². The first-order valence-corrected chi connectivity index (χ1v) is 13.4. The number of nitrogens with one attached hydrogen (secondary N) is 1. The van der Waals surface area contributed by atoms with Crippen LogP contribution in [0, 0.1) is 15.3 Å². The molecule has 0 aliphatic rings. The molecular weight excluding hydrogens is 560 g/mol. The molecule has 0 bridgehead atoms. The van der Waals surface area contributed by atoms with E-state index in [0.717, 1.165) is 14.1 Å². The minimum atomic E-state index is -3.77. The molecular formula is C23H29FIN3O4S. The van der Waals surface area contributed by atoms with Crippen LogP contribution >= 0.6 is 22.6 Å². The van der Waals surface area contributed by atoms with Crippen molar-refractivity contribution in [2.24, 2.45) is 5.92 Å². The molecule has 0 unspecified atom stereocenters. The van der Waals surface area contributed by atoms with Crippen molar-refractivity contribution in [2.45, 2.75) is 33.4 Å². The minimum Gasteiger partial charge on any atom is -0.354 e. The van der Waals surface area contributed by atoms with Gasteiger partial charge in [0.05, 0.1) is 11.9 Å². The van der Waals surface area contributed by atoms with Gasteiger partial charge in [-0.2, -0.15) is 0 Å². The molecule has 0 spiro atoms. The smallest absolute Gasteiger partial charge is 0.244 e. The summed E-state index contributed by atoms with van der Waals surface area (Å²) in [6, 6.07) is 11.5. The lowest BCUT2D eigenvalue weighted by atomic mass is 10.1. The second kappa shape index (κ2) is 11.8. The van der Waals surface area contributed by atoms with E-state index >= 15 is 0 Å². The van der Waals surface area contributed by atoms with Crippen LogP contribution in [0.25, 0.3) is 0 Å². The molecule has 0 saturated heterocycles. The lowest BCUT2D eigenvalue weighted by Gasteiger charge is -2.31. The molecule has 2 aromatic carbocycles. The van der Waals surface area contributed by atoms with Crippen LogP contribution in [0.1, 0.15) is 26.3 Å². The molecule has 0 aromatic heterocycles. The van der Waals surface area contributed by atoms with Gasteiger partial charge in [0.15, 0.2) is 0 Å². The number of rotatable bonds is 10. The maximum atomic E-state index is 13.4. The normalized spacial score (nSPS) is 12.3. The van der Waals surface area contributed by atoms with E-state index in [1.54, 1.807) is 31.2 Å². The summed E-state index contributed by atoms with van der Waals surface area (Å²) in [7, 11) is -3.77. The summed E-state index contributed by atoms with van der Waals surface area (Å²) < 4.78 is 40.3. The molecule has 0 radical (unpaired) electrons. The number of benzene rings is 2. The summed E-state index contributed by atoms with van der Waals surface area (Å²) in [5, 5.41) is 2.81. The van der Waals surface area contributed by atoms with Crippen molar-refractivity contribution in [1.29, 1.82) is 0 Å². The van der Waals surface area contributed by atoms with Gasteiger partial charge >= 0.3 is 0 Å².